The lowest BCUT2D eigenvalue weighted by Crippen LogP contribution is -2.31. The van der Waals surface area contributed by atoms with Crippen LogP contribution in [0.5, 0.6) is 0 Å². The molecule has 0 radical (unpaired) electrons. The van der Waals surface area contributed by atoms with Crippen LogP contribution in [0.15, 0.2) is 12.4 Å². The molecule has 0 aliphatic heterocycles. The van der Waals surface area contributed by atoms with Crippen LogP contribution in [0.4, 0.5) is 0 Å². The first-order valence-electron chi connectivity index (χ1n) is 10.6. The first kappa shape index (κ1) is 17.9. The van der Waals surface area contributed by atoms with Crippen LogP contribution in [0.3, 0.4) is 0 Å². The zero-order valence-electron chi connectivity index (χ0n) is 15.8. The summed E-state index contributed by atoms with van der Waals surface area (Å²) in [6.07, 6.45) is 20.7. The molecule has 0 aromatic carbocycles. The van der Waals surface area contributed by atoms with Crippen LogP contribution in [0.2, 0.25) is 0 Å². The van der Waals surface area contributed by atoms with Gasteiger partial charge in [0.1, 0.15) is 5.82 Å². The summed E-state index contributed by atoms with van der Waals surface area (Å²) in [7, 11) is 0. The third kappa shape index (κ3) is 4.58. The monoisotopic (exact) mass is 328 g/mol. The zero-order chi connectivity index (χ0) is 16.8. The molecule has 134 valence electrons. The molecule has 1 aromatic rings. The fourth-order valence-corrected chi connectivity index (χ4v) is 5.19. The van der Waals surface area contributed by atoms with Crippen molar-refractivity contribution in [3.8, 4) is 0 Å². The number of rotatable bonds is 6. The highest BCUT2D eigenvalue weighted by Crippen LogP contribution is 2.42. The second kappa shape index (κ2) is 8.97. The zero-order valence-corrected chi connectivity index (χ0v) is 15.8. The lowest BCUT2D eigenvalue weighted by molar-refractivity contribution is 0.123. The van der Waals surface area contributed by atoms with Crippen molar-refractivity contribution >= 4 is 0 Å². The van der Waals surface area contributed by atoms with Crippen LogP contribution in [0, 0.1) is 23.7 Å². The minimum absolute atomic E-state index is 0.829. The summed E-state index contributed by atoms with van der Waals surface area (Å²) >= 11 is 0. The molecule has 1 atom stereocenters. The van der Waals surface area contributed by atoms with Gasteiger partial charge in [0.2, 0.25) is 0 Å². The minimum atomic E-state index is 0.829. The summed E-state index contributed by atoms with van der Waals surface area (Å²) in [4.78, 5) is 9.40. The van der Waals surface area contributed by atoms with E-state index in [-0.39, 0.29) is 0 Å². The van der Waals surface area contributed by atoms with Gasteiger partial charge in [0.25, 0.3) is 0 Å². The second-order valence-electron chi connectivity index (χ2n) is 8.32. The molecule has 2 heteroatoms. The molecule has 2 fully saturated rings. The van der Waals surface area contributed by atoms with Gasteiger partial charge < -0.3 is 0 Å². The van der Waals surface area contributed by atoms with Gasteiger partial charge in [-0.25, -0.2) is 9.97 Å². The van der Waals surface area contributed by atoms with Crippen molar-refractivity contribution in [2.45, 2.75) is 90.9 Å². The maximum absolute atomic E-state index is 4.70. The number of hydrogen-bond donors (Lipinski definition) is 0. The normalized spacial score (nSPS) is 27.1. The number of nitrogens with zero attached hydrogens (tertiary/aromatic N) is 2. The molecule has 1 unspecified atom stereocenters. The summed E-state index contributed by atoms with van der Waals surface area (Å²) in [5.41, 5.74) is 1.26. The van der Waals surface area contributed by atoms with Crippen molar-refractivity contribution in [2.75, 3.05) is 0 Å². The summed E-state index contributed by atoms with van der Waals surface area (Å²) in [6, 6.07) is 0. The van der Waals surface area contributed by atoms with Crippen molar-refractivity contribution in [3.05, 3.63) is 23.8 Å². The van der Waals surface area contributed by atoms with Gasteiger partial charge in [0.15, 0.2) is 0 Å². The maximum atomic E-state index is 4.70. The molecule has 2 aliphatic carbocycles. The van der Waals surface area contributed by atoms with E-state index in [2.05, 4.69) is 13.8 Å². The van der Waals surface area contributed by atoms with Gasteiger partial charge in [-0.2, -0.15) is 0 Å². The molecule has 1 aromatic heterocycles. The molecule has 3 rings (SSSR count). The molecule has 0 N–H and O–H groups in total. The van der Waals surface area contributed by atoms with Gasteiger partial charge in [0.05, 0.1) is 0 Å². The van der Waals surface area contributed by atoms with Crippen molar-refractivity contribution in [1.29, 1.82) is 0 Å². The average molecular weight is 329 g/mol. The Hall–Kier alpha value is -0.920. The fraction of sp³-hybridized carbons (Fsp3) is 0.818. The van der Waals surface area contributed by atoms with Crippen LogP contribution >= 0.6 is 0 Å². The van der Waals surface area contributed by atoms with Gasteiger partial charge in [-0.15, -0.1) is 0 Å². The Morgan fingerprint density at radius 2 is 1.50 bits per heavy atom. The molecule has 1 heterocycles. The van der Waals surface area contributed by atoms with Crippen molar-refractivity contribution in [3.63, 3.8) is 0 Å². The SMILES string of the molecule is CCc1cnc(CC(C2CCCCC2)C2CCC(CC)CC2)nc1. The Kier molecular flexibility index (Phi) is 6.68. The Bertz CT molecular complexity index is 467. The molecule has 2 nitrogen and oxygen atoms in total. The van der Waals surface area contributed by atoms with Gasteiger partial charge >= 0.3 is 0 Å². The number of hydrogen-bond acceptors (Lipinski definition) is 2. The van der Waals surface area contributed by atoms with Gasteiger partial charge in [-0.1, -0.05) is 65.2 Å². The summed E-state index contributed by atoms with van der Waals surface area (Å²) in [5.74, 6) is 4.77. The average Bonchev–Trinajstić information content (AvgIpc) is 2.67. The molecule has 24 heavy (non-hydrogen) atoms. The predicted molar refractivity (Wildman–Crippen MR) is 101 cm³/mol. The van der Waals surface area contributed by atoms with E-state index in [4.69, 9.17) is 9.97 Å². The highest BCUT2D eigenvalue weighted by molar-refractivity contribution is 5.05. The largest absolute Gasteiger partial charge is 0.241 e. The van der Waals surface area contributed by atoms with E-state index in [9.17, 15) is 0 Å². The van der Waals surface area contributed by atoms with Crippen LogP contribution in [-0.4, -0.2) is 9.97 Å². The molecule has 0 saturated heterocycles. The molecular weight excluding hydrogens is 292 g/mol. The van der Waals surface area contributed by atoms with E-state index in [1.54, 1.807) is 0 Å². The van der Waals surface area contributed by atoms with Crippen LogP contribution in [0.25, 0.3) is 0 Å². The van der Waals surface area contributed by atoms with Crippen LogP contribution in [0.1, 0.15) is 89.4 Å². The number of aromatic nitrogens is 2. The predicted octanol–water partition coefficient (Wildman–Crippen LogP) is 5.99. The Morgan fingerprint density at radius 1 is 0.875 bits per heavy atom. The maximum Gasteiger partial charge on any atom is 0.128 e. The molecule has 0 spiro atoms. The molecular formula is C22H36N2. The standard InChI is InChI=1S/C22H36N2/c1-3-17-10-12-20(13-11-17)21(19-8-6-5-7-9-19)14-22-23-15-18(4-2)16-24-22/h15-17,19-21H,3-14H2,1-2H3. The summed E-state index contributed by atoms with van der Waals surface area (Å²) in [5, 5.41) is 0. The Labute approximate surface area is 148 Å². The highest BCUT2D eigenvalue weighted by atomic mass is 14.9. The first-order chi connectivity index (χ1) is 11.8. The van der Waals surface area contributed by atoms with Crippen molar-refractivity contribution in [2.24, 2.45) is 23.7 Å². The fourth-order valence-electron chi connectivity index (χ4n) is 5.19. The second-order valence-corrected chi connectivity index (χ2v) is 8.32. The molecule has 0 bridgehead atoms. The van der Waals surface area contributed by atoms with E-state index in [0.29, 0.717) is 0 Å². The Morgan fingerprint density at radius 3 is 2.08 bits per heavy atom. The van der Waals surface area contributed by atoms with Gasteiger partial charge in [0, 0.05) is 18.8 Å². The molecule has 2 aliphatic rings. The van der Waals surface area contributed by atoms with E-state index in [1.807, 2.05) is 12.4 Å². The Balaban J connectivity index is 1.69. The third-order valence-electron chi connectivity index (χ3n) is 6.91. The molecule has 0 amide bonds. The van der Waals surface area contributed by atoms with E-state index in [1.165, 1.54) is 69.8 Å². The summed E-state index contributed by atoms with van der Waals surface area (Å²) in [6.45, 7) is 4.54. The van der Waals surface area contributed by atoms with Crippen molar-refractivity contribution < 1.29 is 0 Å². The van der Waals surface area contributed by atoms with Gasteiger partial charge in [-0.3, -0.25) is 0 Å². The van der Waals surface area contributed by atoms with E-state index < -0.39 is 0 Å². The van der Waals surface area contributed by atoms with Gasteiger partial charge in [-0.05, 0) is 48.5 Å². The third-order valence-corrected chi connectivity index (χ3v) is 6.91. The summed E-state index contributed by atoms with van der Waals surface area (Å²) < 4.78 is 0. The lowest BCUT2D eigenvalue weighted by Gasteiger charge is -2.39. The van der Waals surface area contributed by atoms with E-state index >= 15 is 0 Å². The lowest BCUT2D eigenvalue weighted by atomic mass is 9.66. The van der Waals surface area contributed by atoms with Crippen LogP contribution < -0.4 is 0 Å². The number of aryl methyl sites for hydroxylation is 1. The quantitative estimate of drug-likeness (QED) is 0.640. The van der Waals surface area contributed by atoms with E-state index in [0.717, 1.165) is 42.3 Å². The first-order valence-corrected chi connectivity index (χ1v) is 10.6. The molecule has 2 saturated carbocycles. The minimum Gasteiger partial charge on any atom is -0.241 e. The highest BCUT2D eigenvalue weighted by Gasteiger charge is 2.33. The van der Waals surface area contributed by atoms with Crippen molar-refractivity contribution in [1.82, 2.24) is 9.97 Å². The smallest absolute Gasteiger partial charge is 0.128 e. The topological polar surface area (TPSA) is 25.8 Å². The van der Waals surface area contributed by atoms with Crippen LogP contribution in [-0.2, 0) is 12.8 Å².